The van der Waals surface area contributed by atoms with Crippen molar-refractivity contribution >= 4 is 35.1 Å². The summed E-state index contributed by atoms with van der Waals surface area (Å²) in [6.45, 7) is 1.82. The van der Waals surface area contributed by atoms with Crippen LogP contribution in [0, 0.1) is 11.2 Å². The number of carbonyl (C=O) groups excluding carboxylic acids is 2. The molecule has 4 heterocycles. The highest BCUT2D eigenvalue weighted by atomic mass is 19.1. The number of aliphatic hydroxyl groups is 4. The van der Waals surface area contributed by atoms with Gasteiger partial charge in [-0.25, -0.2) is 4.39 Å². The number of aliphatic hydroxyl groups excluding tert-OH is 4. The van der Waals surface area contributed by atoms with E-state index >= 15 is 0 Å². The molecule has 6 N–H and O–H groups in total. The van der Waals surface area contributed by atoms with E-state index in [1.807, 2.05) is 4.90 Å². The van der Waals surface area contributed by atoms with E-state index in [2.05, 4.69) is 15.2 Å². The van der Waals surface area contributed by atoms with Gasteiger partial charge in [0.1, 0.15) is 36.8 Å². The number of ether oxygens (including phenoxy) is 1. The van der Waals surface area contributed by atoms with Crippen LogP contribution in [0.5, 0.6) is 0 Å². The molecule has 0 spiro atoms. The Morgan fingerprint density at radius 1 is 1.16 bits per heavy atom. The number of hydrogen-bond donors (Lipinski definition) is 6. The molecule has 15 heteroatoms. The molecule has 0 aliphatic carbocycles. The van der Waals surface area contributed by atoms with Crippen molar-refractivity contribution in [2.45, 2.75) is 30.6 Å². The number of halogens is 1. The van der Waals surface area contributed by atoms with E-state index in [-0.39, 0.29) is 30.5 Å². The Balaban J connectivity index is 1.28. The second-order valence-corrected chi connectivity index (χ2v) is 9.50. The lowest BCUT2D eigenvalue weighted by Crippen LogP contribution is -2.53. The first-order valence-electron chi connectivity index (χ1n) is 12.2. The fourth-order valence-electron chi connectivity index (χ4n) is 5.08. The summed E-state index contributed by atoms with van der Waals surface area (Å²) in [5, 5.41) is 50.9. The van der Waals surface area contributed by atoms with Crippen LogP contribution in [-0.4, -0.2) is 141 Å². The van der Waals surface area contributed by atoms with E-state index in [4.69, 9.17) is 10.1 Å². The van der Waals surface area contributed by atoms with Gasteiger partial charge in [-0.3, -0.25) is 20.4 Å². The Morgan fingerprint density at radius 3 is 2.47 bits per heavy atom. The van der Waals surface area contributed by atoms with E-state index in [1.54, 1.807) is 12.1 Å². The van der Waals surface area contributed by atoms with E-state index in [0.29, 0.717) is 26.2 Å². The van der Waals surface area contributed by atoms with E-state index in [9.17, 15) is 34.4 Å². The van der Waals surface area contributed by atoms with Crippen LogP contribution in [0.15, 0.2) is 29.3 Å². The summed E-state index contributed by atoms with van der Waals surface area (Å²) in [6.07, 6.45) is -6.81. The first-order valence-corrected chi connectivity index (χ1v) is 12.2. The Kier molecular flexibility index (Phi) is 7.21. The maximum Gasteiger partial charge on any atom is 0.502 e. The van der Waals surface area contributed by atoms with Gasteiger partial charge in [0.25, 0.3) is 11.5 Å². The maximum atomic E-state index is 13.4. The number of hydrogen-bond acceptors (Lipinski definition) is 10. The van der Waals surface area contributed by atoms with Gasteiger partial charge in [0.05, 0.1) is 6.61 Å². The highest BCUT2D eigenvalue weighted by Crippen LogP contribution is 2.28. The standard InChI is InChI=1S/C23H28FN7O7/c24-12-1-3-13(4-2-12)29-7-5-28(6-8-29)9-14(33)10-30-16-19(26-22(25)27-20(16)36)31(23(30)37)21-18(35)17(34)15(11-32)38-21/h1-4,14-15,17-18,21,32-35H,5-11H2,(H-,25,27,36)/p+1/t14?,15-,17-,18-,21-/m1/s1. The van der Waals surface area contributed by atoms with Crippen LogP contribution >= 0.6 is 0 Å². The summed E-state index contributed by atoms with van der Waals surface area (Å²) in [6, 6.07) is 5.39. The molecule has 4 aliphatic rings. The average Bonchev–Trinajstić information content (AvgIpc) is 3.32. The van der Waals surface area contributed by atoms with Gasteiger partial charge in [0.15, 0.2) is 0 Å². The van der Waals surface area contributed by atoms with Gasteiger partial charge < -0.3 is 30.1 Å². The van der Waals surface area contributed by atoms with Crippen molar-refractivity contribution < 1.29 is 43.7 Å². The lowest BCUT2D eigenvalue weighted by Gasteiger charge is -2.36. The number of nitrogens with one attached hydrogen (secondary N) is 2. The van der Waals surface area contributed by atoms with Crippen LogP contribution in [0.25, 0.3) is 0 Å². The van der Waals surface area contributed by atoms with Crippen molar-refractivity contribution in [2.24, 2.45) is 4.99 Å². The zero-order valence-electron chi connectivity index (χ0n) is 20.3. The molecule has 0 radical (unpaired) electrons. The highest BCUT2D eigenvalue weighted by Gasteiger charge is 2.60. The summed E-state index contributed by atoms with van der Waals surface area (Å²) in [5.41, 5.74) is 0.681. The summed E-state index contributed by atoms with van der Waals surface area (Å²) in [7, 11) is 0. The Labute approximate surface area is 216 Å². The second kappa shape index (κ2) is 10.4. The predicted molar refractivity (Wildman–Crippen MR) is 129 cm³/mol. The van der Waals surface area contributed by atoms with Crippen LogP contribution in [0.4, 0.5) is 14.9 Å². The molecule has 204 valence electrons. The minimum absolute atomic E-state index is 0.200. The molecule has 1 aromatic rings. The number of benzene rings is 1. The molecular weight excluding hydrogens is 505 g/mol. The van der Waals surface area contributed by atoms with Gasteiger partial charge in [0.2, 0.25) is 12.2 Å². The Morgan fingerprint density at radius 2 is 1.84 bits per heavy atom. The van der Waals surface area contributed by atoms with E-state index in [1.165, 1.54) is 12.1 Å². The number of fused-ring (bicyclic) bond motifs is 1. The zero-order valence-corrected chi connectivity index (χ0v) is 20.3. The molecule has 4 aliphatic heterocycles. The van der Waals surface area contributed by atoms with Gasteiger partial charge in [-0.2, -0.15) is 14.4 Å². The van der Waals surface area contributed by atoms with Crippen LogP contribution in [0.2, 0.25) is 0 Å². The molecule has 0 saturated carbocycles. The highest BCUT2D eigenvalue weighted by molar-refractivity contribution is 6.70. The molecule has 0 aromatic heterocycles. The number of guanidine groups is 1. The van der Waals surface area contributed by atoms with Gasteiger partial charge in [0, 0.05) is 38.4 Å². The van der Waals surface area contributed by atoms with E-state index in [0.717, 1.165) is 15.2 Å². The number of β-amino-alcohol motifs (C(OH)–C–C–N with tert-alkyl or cyclic N) is 1. The lowest BCUT2D eigenvalue weighted by atomic mass is 10.1. The number of carbonyl (C=O) groups is 2. The summed E-state index contributed by atoms with van der Waals surface area (Å²) >= 11 is 0. The molecule has 38 heavy (non-hydrogen) atoms. The van der Waals surface area contributed by atoms with Crippen molar-refractivity contribution in [3.63, 3.8) is 0 Å². The topological polar surface area (TPSA) is 185 Å². The van der Waals surface area contributed by atoms with Crippen LogP contribution < -0.4 is 10.2 Å². The van der Waals surface area contributed by atoms with Crippen LogP contribution in [0.3, 0.4) is 0 Å². The number of amidine groups is 1. The molecule has 2 saturated heterocycles. The van der Waals surface area contributed by atoms with Crippen molar-refractivity contribution in [1.82, 2.24) is 15.1 Å². The average molecular weight is 535 g/mol. The Bertz CT molecular complexity index is 1190. The molecule has 0 bridgehead atoms. The van der Waals surface area contributed by atoms with Crippen molar-refractivity contribution in [3.8, 4) is 0 Å². The SMILES string of the molecule is N=C1N=C2C(=[N+](CC(O)CN3CCN(c4ccc(F)cc4)CC3)C(=O)N2[C@@H]2O[C@H](CO)[C@@H](O)[C@H]2O)C(=O)N1. The molecule has 5 rings (SSSR count). The third-order valence-electron chi connectivity index (χ3n) is 7.01. The molecular formula is C23H29FN7O7+. The number of aliphatic imine (C=N–C) groups is 1. The molecule has 5 atom stereocenters. The van der Waals surface area contributed by atoms with Crippen LogP contribution in [-0.2, 0) is 9.53 Å². The predicted octanol–water partition coefficient (Wildman–Crippen LogP) is -2.90. The third kappa shape index (κ3) is 4.79. The summed E-state index contributed by atoms with van der Waals surface area (Å²) in [5.74, 6) is -1.88. The van der Waals surface area contributed by atoms with Crippen LogP contribution in [0.1, 0.15) is 0 Å². The molecule has 1 aromatic carbocycles. The zero-order chi connectivity index (χ0) is 27.1. The number of rotatable bonds is 7. The smallest absolute Gasteiger partial charge is 0.394 e. The van der Waals surface area contributed by atoms with Gasteiger partial charge in [-0.05, 0) is 24.3 Å². The molecule has 14 nitrogen and oxygen atoms in total. The number of anilines is 1. The summed E-state index contributed by atoms with van der Waals surface area (Å²) in [4.78, 5) is 35.0. The first kappa shape index (κ1) is 26.3. The molecule has 2 fully saturated rings. The molecule has 3 amide bonds. The van der Waals surface area contributed by atoms with Gasteiger partial charge >= 0.3 is 11.9 Å². The number of nitrogens with zero attached hydrogens (tertiary/aromatic N) is 5. The molecule has 1 unspecified atom stereocenters. The minimum Gasteiger partial charge on any atom is -0.394 e. The largest absolute Gasteiger partial charge is 0.502 e. The second-order valence-electron chi connectivity index (χ2n) is 9.50. The summed E-state index contributed by atoms with van der Waals surface area (Å²) < 4.78 is 19.7. The first-order chi connectivity index (χ1) is 18.2. The fraction of sp³-hybridized carbons (Fsp3) is 0.522. The van der Waals surface area contributed by atoms with Gasteiger partial charge in [-0.1, -0.05) is 0 Å². The van der Waals surface area contributed by atoms with Crippen molar-refractivity contribution in [1.29, 1.82) is 5.41 Å². The number of amides is 3. The Hall–Kier alpha value is -3.34. The normalized spacial score (nSPS) is 29.1. The lowest BCUT2D eigenvalue weighted by molar-refractivity contribution is -0.441. The number of urea groups is 1. The maximum absolute atomic E-state index is 13.4. The van der Waals surface area contributed by atoms with Gasteiger partial charge in [-0.15, -0.1) is 4.90 Å². The van der Waals surface area contributed by atoms with Crippen molar-refractivity contribution in [2.75, 3.05) is 50.8 Å². The van der Waals surface area contributed by atoms with E-state index < -0.39 is 55.1 Å². The quantitative estimate of drug-likeness (QED) is 0.200. The minimum atomic E-state index is -1.61. The third-order valence-corrected chi connectivity index (χ3v) is 7.01. The fourth-order valence-corrected chi connectivity index (χ4v) is 5.08. The monoisotopic (exact) mass is 534 g/mol. The number of piperazine rings is 1. The van der Waals surface area contributed by atoms with Crippen molar-refractivity contribution in [3.05, 3.63) is 30.1 Å².